The first-order valence-electron chi connectivity index (χ1n) is 4.40. The number of guanidine groups is 1. The Morgan fingerprint density at radius 2 is 2.07 bits per heavy atom. The maximum absolute atomic E-state index is 7.22. The molecule has 0 radical (unpaired) electrons. The van der Waals surface area contributed by atoms with E-state index in [4.69, 9.17) is 11.1 Å². The van der Waals surface area contributed by atoms with E-state index in [0.29, 0.717) is 6.54 Å². The summed E-state index contributed by atoms with van der Waals surface area (Å²) in [4.78, 5) is 1.68. The second-order valence-electron chi connectivity index (χ2n) is 3.19. The van der Waals surface area contributed by atoms with E-state index in [1.807, 2.05) is 24.3 Å². The minimum absolute atomic E-state index is 0.0813. The minimum atomic E-state index is 0.0813. The average Bonchev–Trinajstić information content (AvgIpc) is 2.19. The Balaban J connectivity index is 2.68. The van der Waals surface area contributed by atoms with Crippen LogP contribution in [0.5, 0.6) is 0 Å². The second-order valence-corrected chi connectivity index (χ2v) is 3.19. The van der Waals surface area contributed by atoms with Gasteiger partial charge in [0.15, 0.2) is 5.96 Å². The first-order chi connectivity index (χ1) is 6.63. The normalized spacial score (nSPS) is 9.50. The number of hydrogen-bond donors (Lipinski definition) is 2. The van der Waals surface area contributed by atoms with E-state index in [1.54, 1.807) is 18.0 Å². The third-order valence-corrected chi connectivity index (χ3v) is 2.05. The van der Waals surface area contributed by atoms with Crippen LogP contribution in [0.1, 0.15) is 11.1 Å². The SMILES string of the molecule is C=Cc1ccc(CN(C)C(=N)N)cc1. The number of nitrogens with two attached hydrogens (primary N) is 1. The van der Waals surface area contributed by atoms with Crippen LogP contribution in [0.2, 0.25) is 0 Å². The summed E-state index contributed by atoms with van der Waals surface area (Å²) in [7, 11) is 1.80. The predicted molar refractivity (Wildman–Crippen MR) is 59.9 cm³/mol. The lowest BCUT2D eigenvalue weighted by Gasteiger charge is -2.16. The van der Waals surface area contributed by atoms with Gasteiger partial charge in [-0.1, -0.05) is 36.9 Å². The summed E-state index contributed by atoms with van der Waals surface area (Å²) in [5, 5.41) is 7.22. The lowest BCUT2D eigenvalue weighted by molar-refractivity contribution is 0.491. The van der Waals surface area contributed by atoms with Crippen molar-refractivity contribution < 1.29 is 0 Å². The molecule has 0 heterocycles. The van der Waals surface area contributed by atoms with Crippen molar-refractivity contribution in [2.45, 2.75) is 6.54 Å². The molecule has 0 aromatic heterocycles. The molecule has 1 rings (SSSR count). The van der Waals surface area contributed by atoms with Gasteiger partial charge in [-0.15, -0.1) is 0 Å². The first-order valence-corrected chi connectivity index (χ1v) is 4.40. The van der Waals surface area contributed by atoms with E-state index in [-0.39, 0.29) is 5.96 Å². The zero-order valence-electron chi connectivity index (χ0n) is 8.33. The fourth-order valence-electron chi connectivity index (χ4n) is 1.12. The standard InChI is InChI=1S/C11H15N3/c1-3-9-4-6-10(7-5-9)8-14(2)11(12)13/h3-7H,1,8H2,2H3,(H3,12,13). The van der Waals surface area contributed by atoms with E-state index >= 15 is 0 Å². The predicted octanol–water partition coefficient (Wildman–Crippen LogP) is 1.65. The molecule has 0 fully saturated rings. The highest BCUT2D eigenvalue weighted by Crippen LogP contribution is 2.07. The Hall–Kier alpha value is -1.77. The second kappa shape index (κ2) is 4.46. The van der Waals surface area contributed by atoms with Crippen molar-refractivity contribution in [3.63, 3.8) is 0 Å². The zero-order chi connectivity index (χ0) is 10.6. The molecule has 3 heteroatoms. The molecule has 0 saturated heterocycles. The van der Waals surface area contributed by atoms with Gasteiger partial charge in [-0.3, -0.25) is 5.41 Å². The van der Waals surface area contributed by atoms with Gasteiger partial charge in [0, 0.05) is 13.6 Å². The molecule has 0 aliphatic carbocycles. The Labute approximate surface area is 84.4 Å². The molecule has 0 aliphatic heterocycles. The van der Waals surface area contributed by atoms with Crippen molar-refractivity contribution in [2.75, 3.05) is 7.05 Å². The molecule has 0 spiro atoms. The first kappa shape index (κ1) is 10.3. The molecule has 1 aromatic rings. The van der Waals surface area contributed by atoms with Crippen LogP contribution in [0.3, 0.4) is 0 Å². The Kier molecular flexibility index (Phi) is 3.29. The highest BCUT2D eigenvalue weighted by molar-refractivity contribution is 5.74. The van der Waals surface area contributed by atoms with Gasteiger partial charge < -0.3 is 10.6 Å². The summed E-state index contributed by atoms with van der Waals surface area (Å²) in [6, 6.07) is 8.01. The number of hydrogen-bond acceptors (Lipinski definition) is 1. The van der Waals surface area contributed by atoms with Crippen molar-refractivity contribution in [3.05, 3.63) is 42.0 Å². The fraction of sp³-hybridized carbons (Fsp3) is 0.182. The molecular formula is C11H15N3. The fourth-order valence-corrected chi connectivity index (χ4v) is 1.12. The largest absolute Gasteiger partial charge is 0.370 e. The minimum Gasteiger partial charge on any atom is -0.370 e. The van der Waals surface area contributed by atoms with E-state index in [2.05, 4.69) is 6.58 Å². The Morgan fingerprint density at radius 1 is 1.50 bits per heavy atom. The van der Waals surface area contributed by atoms with Crippen LogP contribution in [-0.4, -0.2) is 17.9 Å². The van der Waals surface area contributed by atoms with Crippen LogP contribution >= 0.6 is 0 Å². The summed E-state index contributed by atoms with van der Waals surface area (Å²) in [5.74, 6) is 0.0813. The van der Waals surface area contributed by atoms with Crippen molar-refractivity contribution in [2.24, 2.45) is 5.73 Å². The van der Waals surface area contributed by atoms with Crippen molar-refractivity contribution in [1.29, 1.82) is 5.41 Å². The molecule has 1 aromatic carbocycles. The number of rotatable bonds is 3. The zero-order valence-corrected chi connectivity index (χ0v) is 8.33. The Morgan fingerprint density at radius 3 is 2.50 bits per heavy atom. The Bertz CT molecular complexity index is 327. The smallest absolute Gasteiger partial charge is 0.188 e. The van der Waals surface area contributed by atoms with Crippen molar-refractivity contribution in [1.82, 2.24) is 4.90 Å². The quantitative estimate of drug-likeness (QED) is 0.561. The monoisotopic (exact) mass is 189 g/mol. The highest BCUT2D eigenvalue weighted by Gasteiger charge is 2.00. The molecule has 0 unspecified atom stereocenters. The third-order valence-electron chi connectivity index (χ3n) is 2.05. The molecule has 3 N–H and O–H groups in total. The van der Waals surface area contributed by atoms with Gasteiger partial charge in [-0.05, 0) is 11.1 Å². The van der Waals surface area contributed by atoms with Crippen LogP contribution in [0.15, 0.2) is 30.8 Å². The average molecular weight is 189 g/mol. The molecular weight excluding hydrogens is 174 g/mol. The van der Waals surface area contributed by atoms with E-state index in [9.17, 15) is 0 Å². The lowest BCUT2D eigenvalue weighted by Crippen LogP contribution is -2.32. The lowest BCUT2D eigenvalue weighted by atomic mass is 10.1. The van der Waals surface area contributed by atoms with E-state index < -0.39 is 0 Å². The summed E-state index contributed by atoms with van der Waals surface area (Å²) >= 11 is 0. The van der Waals surface area contributed by atoms with Crippen molar-refractivity contribution in [3.8, 4) is 0 Å². The van der Waals surface area contributed by atoms with Crippen LogP contribution in [0.25, 0.3) is 6.08 Å². The molecule has 0 saturated carbocycles. The number of nitrogens with one attached hydrogen (secondary N) is 1. The molecule has 14 heavy (non-hydrogen) atoms. The summed E-state index contributed by atoms with van der Waals surface area (Å²) in [6.45, 7) is 4.34. The van der Waals surface area contributed by atoms with Gasteiger partial charge in [-0.25, -0.2) is 0 Å². The van der Waals surface area contributed by atoms with E-state index in [0.717, 1.165) is 11.1 Å². The third kappa shape index (κ3) is 2.62. The van der Waals surface area contributed by atoms with Gasteiger partial charge in [0.25, 0.3) is 0 Å². The van der Waals surface area contributed by atoms with Gasteiger partial charge in [-0.2, -0.15) is 0 Å². The van der Waals surface area contributed by atoms with Gasteiger partial charge in [0.2, 0.25) is 0 Å². The molecule has 74 valence electrons. The molecule has 0 bridgehead atoms. The molecule has 0 amide bonds. The van der Waals surface area contributed by atoms with Crippen LogP contribution in [0.4, 0.5) is 0 Å². The highest BCUT2D eigenvalue weighted by atomic mass is 15.2. The summed E-state index contributed by atoms with van der Waals surface area (Å²) < 4.78 is 0. The van der Waals surface area contributed by atoms with Crippen LogP contribution < -0.4 is 5.73 Å². The number of nitrogens with zero attached hydrogens (tertiary/aromatic N) is 1. The summed E-state index contributed by atoms with van der Waals surface area (Å²) in [5.41, 5.74) is 7.56. The molecule has 3 nitrogen and oxygen atoms in total. The topological polar surface area (TPSA) is 53.1 Å². The maximum Gasteiger partial charge on any atom is 0.188 e. The van der Waals surface area contributed by atoms with Crippen molar-refractivity contribution >= 4 is 12.0 Å². The molecule has 0 aliphatic rings. The number of benzene rings is 1. The van der Waals surface area contributed by atoms with Gasteiger partial charge >= 0.3 is 0 Å². The molecule has 0 atom stereocenters. The van der Waals surface area contributed by atoms with Gasteiger partial charge in [0.1, 0.15) is 0 Å². The van der Waals surface area contributed by atoms with E-state index in [1.165, 1.54) is 0 Å². The summed E-state index contributed by atoms with van der Waals surface area (Å²) in [6.07, 6.45) is 1.80. The van der Waals surface area contributed by atoms with Gasteiger partial charge in [0.05, 0.1) is 0 Å². The van der Waals surface area contributed by atoms with Crippen LogP contribution in [0, 0.1) is 5.41 Å². The maximum atomic E-state index is 7.22. The van der Waals surface area contributed by atoms with Crippen LogP contribution in [-0.2, 0) is 6.54 Å².